The van der Waals surface area contributed by atoms with E-state index in [2.05, 4.69) is 17.6 Å². The fourth-order valence-corrected chi connectivity index (χ4v) is 1.79. The van der Waals surface area contributed by atoms with Crippen LogP contribution in [0.2, 0.25) is 0 Å². The van der Waals surface area contributed by atoms with E-state index in [0.29, 0.717) is 19.6 Å². The highest BCUT2D eigenvalue weighted by atomic mass is 16.2. The van der Waals surface area contributed by atoms with Crippen LogP contribution in [-0.4, -0.2) is 18.4 Å². The van der Waals surface area contributed by atoms with Crippen molar-refractivity contribution in [1.29, 1.82) is 0 Å². The van der Waals surface area contributed by atoms with Crippen molar-refractivity contribution in [3.05, 3.63) is 35.4 Å². The van der Waals surface area contributed by atoms with Crippen molar-refractivity contribution in [2.45, 2.75) is 39.3 Å². The summed E-state index contributed by atoms with van der Waals surface area (Å²) in [4.78, 5) is 23.1. The van der Waals surface area contributed by atoms with Crippen LogP contribution in [0.4, 0.5) is 0 Å². The van der Waals surface area contributed by atoms with Crippen molar-refractivity contribution < 1.29 is 9.59 Å². The minimum absolute atomic E-state index is 0.328. The van der Waals surface area contributed by atoms with Gasteiger partial charge in [-0.3, -0.25) is 9.59 Å². The molecule has 2 amide bonds. The molecule has 0 bridgehead atoms. The largest absolute Gasteiger partial charge is 0.348 e. The Bertz CT molecular complexity index is 446. The minimum Gasteiger partial charge on any atom is -0.348 e. The van der Waals surface area contributed by atoms with Gasteiger partial charge in [-0.2, -0.15) is 0 Å². The zero-order valence-electron chi connectivity index (χ0n) is 11.9. The Balaban J connectivity index is 2.32. The van der Waals surface area contributed by atoms with Gasteiger partial charge in [-0.05, 0) is 17.5 Å². The Hall–Kier alpha value is -1.88. The molecular weight excluding hydrogens is 254 g/mol. The number of nitrogens with two attached hydrogens (primary N) is 1. The van der Waals surface area contributed by atoms with Crippen molar-refractivity contribution in [3.63, 3.8) is 0 Å². The van der Waals surface area contributed by atoms with E-state index in [1.54, 1.807) is 0 Å². The molecule has 1 rings (SSSR count). The Labute approximate surface area is 119 Å². The van der Waals surface area contributed by atoms with E-state index < -0.39 is 11.8 Å². The Morgan fingerprint density at radius 1 is 1.10 bits per heavy atom. The zero-order valence-corrected chi connectivity index (χ0v) is 11.9. The molecule has 0 aliphatic carbocycles. The smallest absolute Gasteiger partial charge is 0.309 e. The van der Waals surface area contributed by atoms with Gasteiger partial charge >= 0.3 is 11.8 Å². The Kier molecular flexibility index (Phi) is 7.35. The molecule has 0 saturated heterocycles. The molecule has 5 heteroatoms. The molecular formula is C15H23N3O2. The standard InChI is InChI=1S/C15H23N3O2/c1-2-3-4-8-17-14(19)15(20)18-11-13-7-5-6-12(9-13)10-16/h5-7,9H,2-4,8,10-11,16H2,1H3,(H,17,19)(H,18,20). The summed E-state index contributed by atoms with van der Waals surface area (Å²) in [7, 11) is 0. The second kappa shape index (κ2) is 9.09. The first kappa shape index (κ1) is 16.2. The van der Waals surface area contributed by atoms with Crippen LogP contribution in [0.5, 0.6) is 0 Å². The summed E-state index contributed by atoms with van der Waals surface area (Å²) in [6.45, 7) is 3.42. The topological polar surface area (TPSA) is 84.2 Å². The van der Waals surface area contributed by atoms with E-state index >= 15 is 0 Å². The van der Waals surface area contributed by atoms with E-state index in [4.69, 9.17) is 5.73 Å². The third kappa shape index (κ3) is 5.84. The molecule has 4 N–H and O–H groups in total. The van der Waals surface area contributed by atoms with Gasteiger partial charge in [0.1, 0.15) is 0 Å². The van der Waals surface area contributed by atoms with Gasteiger partial charge in [-0.1, -0.05) is 44.0 Å². The molecule has 0 spiro atoms. The number of hydrogen-bond donors (Lipinski definition) is 3. The lowest BCUT2D eigenvalue weighted by molar-refractivity contribution is -0.139. The molecule has 0 heterocycles. The van der Waals surface area contributed by atoms with Gasteiger partial charge in [0.15, 0.2) is 0 Å². The Morgan fingerprint density at radius 3 is 2.50 bits per heavy atom. The fraction of sp³-hybridized carbons (Fsp3) is 0.467. The third-order valence-electron chi connectivity index (χ3n) is 2.95. The highest BCUT2D eigenvalue weighted by molar-refractivity contribution is 6.35. The lowest BCUT2D eigenvalue weighted by atomic mass is 10.1. The monoisotopic (exact) mass is 277 g/mol. The average Bonchev–Trinajstić information content (AvgIpc) is 2.49. The molecule has 0 radical (unpaired) electrons. The highest BCUT2D eigenvalue weighted by Crippen LogP contribution is 2.04. The van der Waals surface area contributed by atoms with Crippen molar-refractivity contribution in [2.24, 2.45) is 5.73 Å². The summed E-state index contributed by atoms with van der Waals surface area (Å²) < 4.78 is 0. The molecule has 0 saturated carbocycles. The number of benzene rings is 1. The van der Waals surface area contributed by atoms with Gasteiger partial charge in [0.2, 0.25) is 0 Å². The fourth-order valence-electron chi connectivity index (χ4n) is 1.79. The predicted molar refractivity (Wildman–Crippen MR) is 78.7 cm³/mol. The van der Waals surface area contributed by atoms with Crippen LogP contribution in [0.1, 0.15) is 37.3 Å². The highest BCUT2D eigenvalue weighted by Gasteiger charge is 2.11. The molecule has 0 aliphatic heterocycles. The van der Waals surface area contributed by atoms with Crippen LogP contribution in [0.25, 0.3) is 0 Å². The van der Waals surface area contributed by atoms with E-state index in [1.165, 1.54) is 0 Å². The number of hydrogen-bond acceptors (Lipinski definition) is 3. The number of unbranched alkanes of at least 4 members (excludes halogenated alkanes) is 2. The molecule has 0 fully saturated rings. The maximum Gasteiger partial charge on any atom is 0.309 e. The van der Waals surface area contributed by atoms with Crippen LogP contribution in [0.15, 0.2) is 24.3 Å². The summed E-state index contributed by atoms with van der Waals surface area (Å²) in [6, 6.07) is 7.61. The molecule has 5 nitrogen and oxygen atoms in total. The van der Waals surface area contributed by atoms with Crippen LogP contribution in [-0.2, 0) is 22.7 Å². The molecule has 0 aliphatic rings. The second-order valence-electron chi connectivity index (χ2n) is 4.67. The molecule has 20 heavy (non-hydrogen) atoms. The van der Waals surface area contributed by atoms with Gasteiger partial charge < -0.3 is 16.4 Å². The van der Waals surface area contributed by atoms with E-state index in [1.807, 2.05) is 24.3 Å². The first-order valence-electron chi connectivity index (χ1n) is 7.01. The maximum atomic E-state index is 11.6. The maximum absolute atomic E-state index is 11.6. The van der Waals surface area contributed by atoms with Gasteiger partial charge in [0.25, 0.3) is 0 Å². The van der Waals surface area contributed by atoms with E-state index in [-0.39, 0.29) is 0 Å². The predicted octanol–water partition coefficient (Wildman–Crippen LogP) is 1.07. The quantitative estimate of drug-likeness (QED) is 0.515. The summed E-state index contributed by atoms with van der Waals surface area (Å²) >= 11 is 0. The molecule has 110 valence electrons. The SMILES string of the molecule is CCCCCNC(=O)C(=O)NCc1cccc(CN)c1. The van der Waals surface area contributed by atoms with Crippen molar-refractivity contribution in [1.82, 2.24) is 10.6 Å². The number of nitrogens with one attached hydrogen (secondary N) is 2. The molecule has 0 aromatic heterocycles. The second-order valence-corrected chi connectivity index (χ2v) is 4.67. The van der Waals surface area contributed by atoms with Crippen molar-refractivity contribution in [3.8, 4) is 0 Å². The van der Waals surface area contributed by atoms with E-state index in [0.717, 1.165) is 30.4 Å². The third-order valence-corrected chi connectivity index (χ3v) is 2.95. The van der Waals surface area contributed by atoms with Gasteiger partial charge in [-0.15, -0.1) is 0 Å². The van der Waals surface area contributed by atoms with Gasteiger partial charge in [-0.25, -0.2) is 0 Å². The average molecular weight is 277 g/mol. The minimum atomic E-state index is -0.598. The summed E-state index contributed by atoms with van der Waals surface area (Å²) in [5.41, 5.74) is 7.48. The number of carbonyl (C=O) groups excluding carboxylic acids is 2. The molecule has 1 aromatic rings. The Morgan fingerprint density at radius 2 is 1.80 bits per heavy atom. The first-order chi connectivity index (χ1) is 9.67. The number of amides is 2. The summed E-state index contributed by atoms with van der Waals surface area (Å²) in [6.07, 6.45) is 3.03. The molecule has 1 aromatic carbocycles. The van der Waals surface area contributed by atoms with Crippen molar-refractivity contribution in [2.75, 3.05) is 6.54 Å². The van der Waals surface area contributed by atoms with Crippen LogP contribution >= 0.6 is 0 Å². The number of carbonyl (C=O) groups is 2. The summed E-state index contributed by atoms with van der Waals surface area (Å²) in [5, 5.41) is 5.20. The molecule has 0 atom stereocenters. The van der Waals surface area contributed by atoms with Crippen LogP contribution in [0.3, 0.4) is 0 Å². The number of rotatable bonds is 7. The normalized spacial score (nSPS) is 10.1. The lowest BCUT2D eigenvalue weighted by Gasteiger charge is -2.07. The van der Waals surface area contributed by atoms with Gasteiger partial charge in [0.05, 0.1) is 0 Å². The first-order valence-corrected chi connectivity index (χ1v) is 7.01. The van der Waals surface area contributed by atoms with Crippen molar-refractivity contribution >= 4 is 11.8 Å². The van der Waals surface area contributed by atoms with Gasteiger partial charge in [0, 0.05) is 19.6 Å². The molecule has 0 unspecified atom stereocenters. The summed E-state index contributed by atoms with van der Waals surface area (Å²) in [5.74, 6) is -1.17. The van der Waals surface area contributed by atoms with E-state index in [9.17, 15) is 9.59 Å². The van der Waals surface area contributed by atoms with Crippen LogP contribution in [0, 0.1) is 0 Å². The lowest BCUT2D eigenvalue weighted by Crippen LogP contribution is -2.39. The van der Waals surface area contributed by atoms with Crippen LogP contribution < -0.4 is 16.4 Å². The zero-order chi connectivity index (χ0) is 14.8.